The van der Waals surface area contributed by atoms with Gasteiger partial charge in [0.05, 0.1) is 0 Å². The monoisotopic (exact) mass is 395 g/mol. The normalized spacial score (nSPS) is 13.6. The summed E-state index contributed by atoms with van der Waals surface area (Å²) in [5.74, 6) is 0. The third-order valence-electron chi connectivity index (χ3n) is 5.91. The molecule has 0 atom stereocenters. The molecule has 4 aromatic rings. The van der Waals surface area contributed by atoms with E-state index in [9.17, 15) is 0 Å². The molecule has 0 aliphatic heterocycles. The summed E-state index contributed by atoms with van der Waals surface area (Å²) in [7, 11) is 0. The van der Waals surface area contributed by atoms with Crippen molar-refractivity contribution in [3.05, 3.63) is 113 Å². The van der Waals surface area contributed by atoms with Crippen molar-refractivity contribution in [3.8, 4) is 11.1 Å². The minimum Gasteiger partial charge on any atom is -0.310 e. The maximum Gasteiger partial charge on any atom is 0.0476 e. The lowest BCUT2D eigenvalue weighted by molar-refractivity contribution is 0.660. The van der Waals surface area contributed by atoms with Crippen LogP contribution in [0.3, 0.4) is 0 Å². The molecule has 4 aromatic carbocycles. The van der Waals surface area contributed by atoms with Crippen molar-refractivity contribution >= 4 is 28.7 Å². The molecule has 0 fully saturated rings. The predicted octanol–water partition coefficient (Wildman–Crippen LogP) is 8.12. The Morgan fingerprint density at radius 1 is 0.586 bits per heavy atom. The smallest absolute Gasteiger partial charge is 0.0476 e. The summed E-state index contributed by atoms with van der Waals surface area (Å²) < 4.78 is 0. The van der Waals surface area contributed by atoms with E-state index in [2.05, 4.69) is 91.5 Å². The van der Waals surface area contributed by atoms with Crippen LogP contribution in [0.2, 0.25) is 5.02 Å². The van der Waals surface area contributed by atoms with Gasteiger partial charge in [-0.1, -0.05) is 80.0 Å². The van der Waals surface area contributed by atoms with Gasteiger partial charge in [-0.3, -0.25) is 0 Å². The highest BCUT2D eigenvalue weighted by atomic mass is 35.5. The summed E-state index contributed by atoms with van der Waals surface area (Å²) in [5, 5.41) is 0.734. The Hall–Kier alpha value is -3.03. The van der Waals surface area contributed by atoms with Gasteiger partial charge in [0.2, 0.25) is 0 Å². The van der Waals surface area contributed by atoms with Crippen LogP contribution < -0.4 is 4.90 Å². The number of hydrogen-bond acceptors (Lipinski definition) is 1. The summed E-state index contributed by atoms with van der Waals surface area (Å²) in [6, 6.07) is 34.0. The molecule has 0 bridgehead atoms. The Bertz CT molecular complexity index is 1190. The fraction of sp³-hybridized carbons (Fsp3) is 0.111. The van der Waals surface area contributed by atoms with Gasteiger partial charge in [-0.25, -0.2) is 0 Å². The molecule has 0 N–H and O–H groups in total. The van der Waals surface area contributed by atoms with Gasteiger partial charge in [0.1, 0.15) is 0 Å². The SMILES string of the molecule is CC1(C)c2ccccc2-c2ccc(N(c3ccccc3)c3cccc(Cl)c3)cc21. The zero-order chi connectivity index (χ0) is 20.0. The highest BCUT2D eigenvalue weighted by Gasteiger charge is 2.35. The molecule has 0 aromatic heterocycles. The van der Waals surface area contributed by atoms with E-state index in [1.165, 1.54) is 22.3 Å². The molecule has 2 heteroatoms. The van der Waals surface area contributed by atoms with Gasteiger partial charge in [-0.2, -0.15) is 0 Å². The lowest BCUT2D eigenvalue weighted by Crippen LogP contribution is -2.16. The highest BCUT2D eigenvalue weighted by Crippen LogP contribution is 2.50. The lowest BCUT2D eigenvalue weighted by Gasteiger charge is -2.28. The van der Waals surface area contributed by atoms with E-state index in [1.807, 2.05) is 24.3 Å². The second kappa shape index (κ2) is 6.79. The fourth-order valence-corrected chi connectivity index (χ4v) is 4.66. The van der Waals surface area contributed by atoms with E-state index >= 15 is 0 Å². The van der Waals surface area contributed by atoms with E-state index in [0.717, 1.165) is 22.1 Å². The van der Waals surface area contributed by atoms with Crippen molar-refractivity contribution in [2.45, 2.75) is 19.3 Å². The standard InChI is InChI=1S/C27H22ClN/c1-27(2)25-14-7-6-13-23(25)24-16-15-22(18-26(24)27)29(20-10-4-3-5-11-20)21-12-8-9-19(28)17-21/h3-18H,1-2H3. The van der Waals surface area contributed by atoms with Gasteiger partial charge in [-0.05, 0) is 64.7 Å². The molecular weight excluding hydrogens is 374 g/mol. The molecular formula is C27H22ClN. The molecule has 0 saturated carbocycles. The van der Waals surface area contributed by atoms with E-state index in [0.29, 0.717) is 0 Å². The topological polar surface area (TPSA) is 3.24 Å². The third-order valence-corrected chi connectivity index (χ3v) is 6.14. The van der Waals surface area contributed by atoms with Crippen LogP contribution in [0.1, 0.15) is 25.0 Å². The molecule has 0 saturated heterocycles. The van der Waals surface area contributed by atoms with Crippen molar-refractivity contribution < 1.29 is 0 Å². The first-order valence-electron chi connectivity index (χ1n) is 9.91. The molecule has 0 heterocycles. The van der Waals surface area contributed by atoms with E-state index in [4.69, 9.17) is 11.6 Å². The van der Waals surface area contributed by atoms with Crippen LogP contribution in [0.5, 0.6) is 0 Å². The largest absolute Gasteiger partial charge is 0.310 e. The Balaban J connectivity index is 1.70. The van der Waals surface area contributed by atoms with Crippen LogP contribution in [-0.4, -0.2) is 0 Å². The minimum absolute atomic E-state index is 0.0291. The zero-order valence-corrected chi connectivity index (χ0v) is 17.3. The van der Waals surface area contributed by atoms with Crippen LogP contribution in [-0.2, 0) is 5.41 Å². The minimum atomic E-state index is -0.0291. The zero-order valence-electron chi connectivity index (χ0n) is 16.6. The molecule has 1 aliphatic rings. The molecule has 0 amide bonds. The number of benzene rings is 4. The van der Waals surface area contributed by atoms with E-state index in [1.54, 1.807) is 0 Å². The fourth-order valence-electron chi connectivity index (χ4n) is 4.47. The van der Waals surface area contributed by atoms with E-state index in [-0.39, 0.29) is 5.41 Å². The van der Waals surface area contributed by atoms with Crippen molar-refractivity contribution in [1.29, 1.82) is 0 Å². The number of nitrogens with zero attached hydrogens (tertiary/aromatic N) is 1. The molecule has 0 radical (unpaired) electrons. The first kappa shape index (κ1) is 18.0. The summed E-state index contributed by atoms with van der Waals surface area (Å²) in [5.41, 5.74) is 8.69. The lowest BCUT2D eigenvalue weighted by atomic mass is 9.82. The van der Waals surface area contributed by atoms with Gasteiger partial charge in [0.25, 0.3) is 0 Å². The number of anilines is 3. The second-order valence-corrected chi connectivity index (χ2v) is 8.49. The van der Waals surface area contributed by atoms with E-state index < -0.39 is 0 Å². The Morgan fingerprint density at radius 2 is 1.24 bits per heavy atom. The Kier molecular flexibility index (Phi) is 4.22. The van der Waals surface area contributed by atoms with Gasteiger partial charge in [0, 0.05) is 27.5 Å². The first-order valence-corrected chi connectivity index (χ1v) is 10.3. The Morgan fingerprint density at radius 3 is 2.03 bits per heavy atom. The number of hydrogen-bond donors (Lipinski definition) is 0. The molecule has 142 valence electrons. The molecule has 1 nitrogen and oxygen atoms in total. The van der Waals surface area contributed by atoms with Crippen LogP contribution in [0.15, 0.2) is 97.1 Å². The van der Waals surface area contributed by atoms with Crippen LogP contribution in [0, 0.1) is 0 Å². The number of para-hydroxylation sites is 1. The number of halogens is 1. The average molecular weight is 396 g/mol. The predicted molar refractivity (Wildman–Crippen MR) is 124 cm³/mol. The molecule has 0 unspecified atom stereocenters. The van der Waals surface area contributed by atoms with Gasteiger partial charge in [-0.15, -0.1) is 0 Å². The summed E-state index contributed by atoms with van der Waals surface area (Å²) in [4.78, 5) is 2.27. The van der Waals surface area contributed by atoms with Gasteiger partial charge >= 0.3 is 0 Å². The molecule has 1 aliphatic carbocycles. The summed E-state index contributed by atoms with van der Waals surface area (Å²) >= 11 is 6.34. The van der Waals surface area contributed by atoms with Crippen LogP contribution in [0.25, 0.3) is 11.1 Å². The first-order chi connectivity index (χ1) is 14.1. The molecule has 0 spiro atoms. The second-order valence-electron chi connectivity index (χ2n) is 8.05. The Labute approximate surface area is 177 Å². The van der Waals surface area contributed by atoms with Gasteiger partial charge in [0.15, 0.2) is 0 Å². The molecule has 29 heavy (non-hydrogen) atoms. The number of rotatable bonds is 3. The quantitative estimate of drug-likeness (QED) is 0.338. The highest BCUT2D eigenvalue weighted by molar-refractivity contribution is 6.30. The maximum atomic E-state index is 6.34. The summed E-state index contributed by atoms with van der Waals surface area (Å²) in [6.45, 7) is 4.63. The van der Waals surface area contributed by atoms with Crippen molar-refractivity contribution in [1.82, 2.24) is 0 Å². The average Bonchev–Trinajstić information content (AvgIpc) is 2.97. The summed E-state index contributed by atoms with van der Waals surface area (Å²) in [6.07, 6.45) is 0. The van der Waals surface area contributed by atoms with Crippen LogP contribution in [0.4, 0.5) is 17.1 Å². The van der Waals surface area contributed by atoms with Crippen molar-refractivity contribution in [2.75, 3.05) is 4.90 Å². The maximum absolute atomic E-state index is 6.34. The molecule has 5 rings (SSSR count). The third kappa shape index (κ3) is 2.94. The number of fused-ring (bicyclic) bond motifs is 3. The van der Waals surface area contributed by atoms with Crippen molar-refractivity contribution in [2.24, 2.45) is 0 Å². The van der Waals surface area contributed by atoms with Gasteiger partial charge < -0.3 is 4.90 Å². The van der Waals surface area contributed by atoms with Crippen LogP contribution >= 0.6 is 11.6 Å². The van der Waals surface area contributed by atoms with Crippen molar-refractivity contribution in [3.63, 3.8) is 0 Å².